The van der Waals surface area contributed by atoms with Crippen LogP contribution in [0.15, 0.2) is 60.9 Å². The number of H-pyrrole nitrogens is 1. The van der Waals surface area contributed by atoms with Crippen molar-refractivity contribution in [2.45, 2.75) is 0 Å². The van der Waals surface area contributed by atoms with Crippen LogP contribution in [-0.4, -0.2) is 20.9 Å². The second-order valence-electron chi connectivity index (χ2n) is 5.62. The highest BCUT2D eigenvalue weighted by molar-refractivity contribution is 6.02. The van der Waals surface area contributed by atoms with Crippen LogP contribution in [0.2, 0.25) is 0 Å². The molecular weight excluding hydrogens is 340 g/mol. The van der Waals surface area contributed by atoms with Crippen LogP contribution >= 0.6 is 0 Å². The van der Waals surface area contributed by atoms with E-state index in [1.165, 1.54) is 6.07 Å². The Bertz CT molecular complexity index is 1090. The van der Waals surface area contributed by atoms with Gasteiger partial charge in [0.1, 0.15) is 17.2 Å². The zero-order valence-electron chi connectivity index (χ0n) is 13.2. The molecule has 7 heteroatoms. The third-order valence-corrected chi connectivity index (χ3v) is 3.99. The summed E-state index contributed by atoms with van der Waals surface area (Å²) in [6.45, 7) is 0. The molecule has 128 valence electrons. The predicted octanol–water partition coefficient (Wildman–Crippen LogP) is 4.47. The fourth-order valence-electron chi connectivity index (χ4n) is 2.77. The summed E-state index contributed by atoms with van der Waals surface area (Å²) >= 11 is 0. The molecule has 0 saturated carbocycles. The number of rotatable bonds is 3. The molecule has 0 aliphatic heterocycles. The summed E-state index contributed by atoms with van der Waals surface area (Å²) < 4.78 is 25.9. The van der Waals surface area contributed by atoms with E-state index in [-0.39, 0.29) is 16.6 Å². The normalized spacial score (nSPS) is 10.8. The van der Waals surface area contributed by atoms with Crippen LogP contribution in [0.5, 0.6) is 0 Å². The van der Waals surface area contributed by atoms with Gasteiger partial charge in [-0.3, -0.25) is 4.98 Å². The summed E-state index contributed by atoms with van der Waals surface area (Å²) in [5, 5.41) is 0. The molecule has 4 rings (SSSR count). The Labute approximate surface area is 146 Å². The van der Waals surface area contributed by atoms with E-state index in [1.807, 2.05) is 36.4 Å². The van der Waals surface area contributed by atoms with Crippen LogP contribution in [0.4, 0.5) is 8.92 Å². The molecule has 0 radical (unpaired) electrons. The van der Waals surface area contributed by atoms with E-state index in [4.69, 9.17) is 0 Å². The molecule has 26 heavy (non-hydrogen) atoms. The second kappa shape index (κ2) is 6.36. The van der Waals surface area contributed by atoms with Gasteiger partial charge in [0.25, 0.3) is 0 Å². The number of imidazole rings is 1. The number of carbonyl (C=O) groups excluding carboxylic acids is 1. The minimum absolute atomic E-state index is 0.139. The Morgan fingerprint density at radius 2 is 1.81 bits per heavy atom. The molecule has 1 N–H and O–H groups in total. The molecule has 0 aliphatic rings. The van der Waals surface area contributed by atoms with Gasteiger partial charge in [0, 0.05) is 22.5 Å². The maximum atomic E-state index is 13.7. The van der Waals surface area contributed by atoms with Crippen molar-refractivity contribution in [3.8, 4) is 22.5 Å². The summed E-state index contributed by atoms with van der Waals surface area (Å²) in [4.78, 5) is 26.0. The highest BCUT2D eigenvalue weighted by Gasteiger charge is 2.18. The Hall–Kier alpha value is -3.61. The quantitative estimate of drug-likeness (QED) is 0.591. The molecular formula is C19H11F2N3O2. The first-order valence-corrected chi connectivity index (χ1v) is 7.69. The fraction of sp³-hybridized carbons (Fsp3) is 0. The van der Waals surface area contributed by atoms with Crippen LogP contribution in [0.3, 0.4) is 0 Å². The summed E-state index contributed by atoms with van der Waals surface area (Å²) in [5.41, 5.74) is 2.81. The van der Waals surface area contributed by atoms with Crippen LogP contribution in [0.1, 0.15) is 10.4 Å². The third kappa shape index (κ3) is 2.79. The van der Waals surface area contributed by atoms with E-state index in [9.17, 15) is 13.7 Å². The minimum Gasteiger partial charge on any atom is -0.338 e. The van der Waals surface area contributed by atoms with E-state index >= 15 is 0 Å². The highest BCUT2D eigenvalue weighted by atomic mass is 19.3. The Morgan fingerprint density at radius 3 is 2.50 bits per heavy atom. The number of aromatic nitrogens is 3. The topological polar surface area (TPSA) is 67.9 Å². The van der Waals surface area contributed by atoms with Gasteiger partial charge in [-0.15, -0.1) is 0 Å². The average molecular weight is 351 g/mol. The maximum absolute atomic E-state index is 13.7. The lowest BCUT2D eigenvalue weighted by Crippen LogP contribution is -2.00. The standard InChI is InChI=1S/C19H11F2N3O2/c20-14-8-15(19(25)26-21)17-16(9-14)23-18(24-17)12-5-3-11(4-6-12)13-2-1-7-22-10-13/h1-10H,(H,23,24). The highest BCUT2D eigenvalue weighted by Crippen LogP contribution is 2.27. The number of nitrogens with zero attached hydrogens (tertiary/aromatic N) is 2. The van der Waals surface area contributed by atoms with Gasteiger partial charge in [0.05, 0.1) is 11.1 Å². The van der Waals surface area contributed by atoms with Crippen LogP contribution in [-0.2, 0) is 4.94 Å². The van der Waals surface area contributed by atoms with Crippen LogP contribution in [0.25, 0.3) is 33.5 Å². The van der Waals surface area contributed by atoms with E-state index in [0.29, 0.717) is 5.82 Å². The molecule has 0 unspecified atom stereocenters. The molecule has 0 aliphatic carbocycles. The molecule has 0 atom stereocenters. The lowest BCUT2D eigenvalue weighted by atomic mass is 10.1. The second-order valence-corrected chi connectivity index (χ2v) is 5.62. The third-order valence-electron chi connectivity index (χ3n) is 3.99. The number of fused-ring (bicyclic) bond motifs is 1. The molecule has 2 aromatic heterocycles. The van der Waals surface area contributed by atoms with Crippen molar-refractivity contribution in [1.29, 1.82) is 0 Å². The lowest BCUT2D eigenvalue weighted by Gasteiger charge is -2.02. The van der Waals surface area contributed by atoms with Crippen molar-refractivity contribution < 1.29 is 18.7 Å². The summed E-state index contributed by atoms with van der Waals surface area (Å²) in [7, 11) is 0. The molecule has 0 spiro atoms. The molecule has 0 bridgehead atoms. The van der Waals surface area contributed by atoms with E-state index in [1.54, 1.807) is 12.4 Å². The van der Waals surface area contributed by atoms with Gasteiger partial charge in [-0.2, -0.15) is 0 Å². The number of aromatic amines is 1. The molecule has 5 nitrogen and oxygen atoms in total. The number of benzene rings is 2. The van der Waals surface area contributed by atoms with Crippen LogP contribution in [0, 0.1) is 5.82 Å². The van der Waals surface area contributed by atoms with Gasteiger partial charge in [-0.25, -0.2) is 19.1 Å². The smallest absolute Gasteiger partial charge is 0.338 e. The first-order valence-electron chi connectivity index (χ1n) is 7.69. The van der Waals surface area contributed by atoms with Crippen molar-refractivity contribution in [2.24, 2.45) is 0 Å². The monoisotopic (exact) mass is 351 g/mol. The largest absolute Gasteiger partial charge is 0.381 e. The predicted molar refractivity (Wildman–Crippen MR) is 91.2 cm³/mol. The van der Waals surface area contributed by atoms with Crippen molar-refractivity contribution in [2.75, 3.05) is 0 Å². The van der Waals surface area contributed by atoms with Crippen molar-refractivity contribution in [1.82, 2.24) is 15.0 Å². The molecule has 0 saturated heterocycles. The van der Waals surface area contributed by atoms with Gasteiger partial charge in [0.2, 0.25) is 0 Å². The SMILES string of the molecule is O=C(OF)c1cc(F)cc2[nH]c(-c3ccc(-c4cccnc4)cc3)nc12. The molecule has 0 amide bonds. The lowest BCUT2D eigenvalue weighted by molar-refractivity contribution is -0.0786. The van der Waals surface area contributed by atoms with E-state index < -0.39 is 11.8 Å². The summed E-state index contributed by atoms with van der Waals surface area (Å²) in [6.07, 6.45) is 3.46. The molecule has 4 aromatic rings. The fourth-order valence-corrected chi connectivity index (χ4v) is 2.77. The zero-order chi connectivity index (χ0) is 18.1. The minimum atomic E-state index is -1.29. The van der Waals surface area contributed by atoms with E-state index in [0.717, 1.165) is 22.8 Å². The van der Waals surface area contributed by atoms with Crippen LogP contribution < -0.4 is 0 Å². The Kier molecular flexibility index (Phi) is 3.89. The van der Waals surface area contributed by atoms with Gasteiger partial charge < -0.3 is 4.98 Å². The van der Waals surface area contributed by atoms with Crippen molar-refractivity contribution in [3.05, 3.63) is 72.3 Å². The summed E-state index contributed by atoms with van der Waals surface area (Å²) in [6, 6.07) is 13.3. The summed E-state index contributed by atoms with van der Waals surface area (Å²) in [5.74, 6) is -1.56. The number of hydrogen-bond donors (Lipinski definition) is 1. The molecule has 2 heterocycles. The number of halogens is 2. The number of nitrogens with one attached hydrogen (secondary N) is 1. The number of hydrogen-bond acceptors (Lipinski definition) is 4. The molecule has 0 fully saturated rings. The first-order chi connectivity index (χ1) is 12.7. The number of pyridine rings is 1. The van der Waals surface area contributed by atoms with Gasteiger partial charge >= 0.3 is 5.97 Å². The Balaban J connectivity index is 1.76. The van der Waals surface area contributed by atoms with Crippen molar-refractivity contribution in [3.63, 3.8) is 0 Å². The zero-order valence-corrected chi connectivity index (χ0v) is 13.2. The maximum Gasteiger partial charge on any atom is 0.381 e. The van der Waals surface area contributed by atoms with Gasteiger partial charge in [-0.05, 0) is 29.3 Å². The van der Waals surface area contributed by atoms with Crippen molar-refractivity contribution >= 4 is 17.0 Å². The first kappa shape index (κ1) is 15.9. The average Bonchev–Trinajstić information content (AvgIpc) is 3.11. The molecule has 2 aromatic carbocycles. The van der Waals surface area contributed by atoms with E-state index in [2.05, 4.69) is 19.9 Å². The van der Waals surface area contributed by atoms with Gasteiger partial charge in [0.15, 0.2) is 0 Å². The van der Waals surface area contributed by atoms with Gasteiger partial charge in [-0.1, -0.05) is 30.3 Å². The number of carbonyl (C=O) groups is 1. The Morgan fingerprint density at radius 1 is 1.04 bits per heavy atom.